The van der Waals surface area contributed by atoms with Crippen LogP contribution in [0, 0.1) is 5.41 Å². The number of hydrogen-bond donors (Lipinski definition) is 2. The van der Waals surface area contributed by atoms with Crippen molar-refractivity contribution in [2.75, 3.05) is 13.6 Å². The van der Waals surface area contributed by atoms with Crippen LogP contribution in [0.1, 0.15) is 20.8 Å². The Labute approximate surface area is 67.9 Å². The molecule has 0 aromatic rings. The Hall–Kier alpha value is -1.06. The number of nitrogens with two attached hydrogens (primary N) is 1. The van der Waals surface area contributed by atoms with Crippen molar-refractivity contribution in [3.63, 3.8) is 0 Å². The van der Waals surface area contributed by atoms with Crippen LogP contribution >= 0.6 is 0 Å². The van der Waals surface area contributed by atoms with Gasteiger partial charge in [0, 0.05) is 7.05 Å². The van der Waals surface area contributed by atoms with E-state index in [0.29, 0.717) is 0 Å². The summed E-state index contributed by atoms with van der Waals surface area (Å²) >= 11 is 0. The Morgan fingerprint density at radius 1 is 1.55 bits per heavy atom. The molecular weight excluding hydrogens is 142 g/mol. The normalized spacial score (nSPS) is 7.64. The second-order valence-corrected chi connectivity index (χ2v) is 1.94. The average molecular weight is 159 g/mol. The third-order valence-electron chi connectivity index (χ3n) is 0.871. The van der Waals surface area contributed by atoms with Crippen molar-refractivity contribution in [2.24, 2.45) is 5.73 Å². The maximum Gasteiger partial charge on any atom is 0.188 e. The molecule has 0 atom stereocenters. The summed E-state index contributed by atoms with van der Waals surface area (Å²) in [6.07, 6.45) is 0. The molecule has 0 aliphatic heterocycles. The van der Waals surface area contributed by atoms with Gasteiger partial charge in [-0.25, -0.2) is 0 Å². The zero-order valence-electron chi connectivity index (χ0n) is 7.64. The summed E-state index contributed by atoms with van der Waals surface area (Å²) in [5.74, 6) is -0.0714. The van der Waals surface area contributed by atoms with Crippen molar-refractivity contribution in [3.05, 3.63) is 0 Å². The van der Waals surface area contributed by atoms with Gasteiger partial charge in [-0.3, -0.25) is 10.2 Å². The zero-order chi connectivity index (χ0) is 9.44. The molecule has 11 heavy (non-hydrogen) atoms. The van der Waals surface area contributed by atoms with Crippen molar-refractivity contribution < 1.29 is 4.79 Å². The second-order valence-electron chi connectivity index (χ2n) is 1.94. The van der Waals surface area contributed by atoms with E-state index in [1.165, 1.54) is 11.8 Å². The smallest absolute Gasteiger partial charge is 0.188 e. The predicted octanol–water partition coefficient (Wildman–Crippen LogP) is 0.427. The van der Waals surface area contributed by atoms with Crippen molar-refractivity contribution >= 4 is 11.7 Å². The van der Waals surface area contributed by atoms with Crippen LogP contribution < -0.4 is 5.73 Å². The molecule has 3 N–H and O–H groups in total. The number of carbonyl (C=O) groups is 1. The van der Waals surface area contributed by atoms with E-state index in [-0.39, 0.29) is 18.3 Å². The number of carbonyl (C=O) groups excluding carboxylic acids is 1. The molecule has 66 valence electrons. The van der Waals surface area contributed by atoms with E-state index in [0.717, 1.165) is 0 Å². The fraction of sp³-hybridized carbons (Fsp3) is 0.714. The number of hydrogen-bond acceptors (Lipinski definition) is 2. The lowest BCUT2D eigenvalue weighted by Crippen LogP contribution is -2.35. The van der Waals surface area contributed by atoms with Crippen LogP contribution in [0.4, 0.5) is 0 Å². The molecule has 0 saturated heterocycles. The van der Waals surface area contributed by atoms with E-state index in [2.05, 4.69) is 0 Å². The summed E-state index contributed by atoms with van der Waals surface area (Å²) < 4.78 is 0. The van der Waals surface area contributed by atoms with E-state index in [1.54, 1.807) is 7.05 Å². The van der Waals surface area contributed by atoms with Gasteiger partial charge in [0.1, 0.15) is 5.78 Å². The SMILES string of the molecule is CC.CC(=O)CN(C)C(=N)N. The van der Waals surface area contributed by atoms with Crippen LogP contribution in [0.5, 0.6) is 0 Å². The Kier molecular flexibility index (Phi) is 8.08. The largest absolute Gasteiger partial charge is 0.370 e. The summed E-state index contributed by atoms with van der Waals surface area (Å²) in [6.45, 7) is 5.68. The van der Waals surface area contributed by atoms with Crippen LogP contribution in [0.25, 0.3) is 0 Å². The summed E-state index contributed by atoms with van der Waals surface area (Å²) in [7, 11) is 1.60. The Bertz CT molecular complexity index is 134. The van der Waals surface area contributed by atoms with Gasteiger partial charge in [0.05, 0.1) is 6.54 Å². The highest BCUT2D eigenvalue weighted by atomic mass is 16.1. The predicted molar refractivity (Wildman–Crippen MR) is 46.6 cm³/mol. The maximum absolute atomic E-state index is 10.4. The molecular formula is C7H17N3O. The Morgan fingerprint density at radius 2 is 1.91 bits per heavy atom. The lowest BCUT2D eigenvalue weighted by Gasteiger charge is -2.13. The van der Waals surface area contributed by atoms with Crippen molar-refractivity contribution in [1.29, 1.82) is 5.41 Å². The van der Waals surface area contributed by atoms with Gasteiger partial charge in [0.25, 0.3) is 0 Å². The van der Waals surface area contributed by atoms with E-state index in [1.807, 2.05) is 13.8 Å². The van der Waals surface area contributed by atoms with Crippen molar-refractivity contribution in [3.8, 4) is 0 Å². The highest BCUT2D eigenvalue weighted by molar-refractivity contribution is 5.83. The van der Waals surface area contributed by atoms with Gasteiger partial charge in [0.2, 0.25) is 0 Å². The molecule has 0 amide bonds. The molecule has 0 rings (SSSR count). The molecule has 4 nitrogen and oxygen atoms in total. The molecule has 4 heteroatoms. The maximum atomic E-state index is 10.4. The van der Waals surface area contributed by atoms with Gasteiger partial charge in [0.15, 0.2) is 5.96 Å². The second kappa shape index (κ2) is 7.05. The summed E-state index contributed by atoms with van der Waals surface area (Å²) in [4.78, 5) is 11.7. The van der Waals surface area contributed by atoms with Crippen molar-refractivity contribution in [1.82, 2.24) is 4.90 Å². The van der Waals surface area contributed by atoms with E-state index >= 15 is 0 Å². The van der Waals surface area contributed by atoms with Gasteiger partial charge >= 0.3 is 0 Å². The molecule has 0 heterocycles. The molecule has 0 aromatic carbocycles. The van der Waals surface area contributed by atoms with Gasteiger partial charge in [-0.1, -0.05) is 13.8 Å². The molecule has 0 aliphatic carbocycles. The molecule has 0 aliphatic rings. The topological polar surface area (TPSA) is 70.2 Å². The van der Waals surface area contributed by atoms with Gasteiger partial charge in [-0.15, -0.1) is 0 Å². The quantitative estimate of drug-likeness (QED) is 0.453. The molecule has 0 radical (unpaired) electrons. The van der Waals surface area contributed by atoms with Crippen LogP contribution in [-0.4, -0.2) is 30.2 Å². The van der Waals surface area contributed by atoms with Gasteiger partial charge in [-0.2, -0.15) is 0 Å². The Morgan fingerprint density at radius 3 is 2.00 bits per heavy atom. The third-order valence-corrected chi connectivity index (χ3v) is 0.871. The number of nitrogens with zero attached hydrogens (tertiary/aromatic N) is 1. The molecule has 0 fully saturated rings. The minimum absolute atomic E-state index is 0.00713. The van der Waals surface area contributed by atoms with Crippen molar-refractivity contribution in [2.45, 2.75) is 20.8 Å². The molecule has 0 bridgehead atoms. The van der Waals surface area contributed by atoms with E-state index in [9.17, 15) is 4.79 Å². The van der Waals surface area contributed by atoms with Gasteiger partial charge < -0.3 is 10.6 Å². The fourth-order valence-corrected chi connectivity index (χ4v) is 0.419. The zero-order valence-corrected chi connectivity index (χ0v) is 7.64. The lowest BCUT2D eigenvalue weighted by molar-refractivity contribution is -0.117. The lowest BCUT2D eigenvalue weighted by atomic mass is 10.4. The monoisotopic (exact) mass is 159 g/mol. The number of Topliss-reactive ketones (excluding diaryl/α,β-unsaturated/α-hetero) is 1. The summed E-state index contributed by atoms with van der Waals surface area (Å²) in [5.41, 5.74) is 5.04. The molecule has 0 spiro atoms. The first-order chi connectivity index (χ1) is 5.04. The molecule has 0 unspecified atom stereocenters. The van der Waals surface area contributed by atoms with E-state index in [4.69, 9.17) is 11.1 Å². The first kappa shape index (κ1) is 12.6. The highest BCUT2D eigenvalue weighted by Crippen LogP contribution is 1.78. The first-order valence-electron chi connectivity index (χ1n) is 3.58. The third kappa shape index (κ3) is 8.94. The number of guanidine groups is 1. The van der Waals surface area contributed by atoms with Crippen LogP contribution in [0.2, 0.25) is 0 Å². The average Bonchev–Trinajstić information content (AvgIpc) is 1.90. The van der Waals surface area contributed by atoms with Crippen LogP contribution in [0.3, 0.4) is 0 Å². The summed E-state index contributed by atoms with van der Waals surface area (Å²) in [5, 5.41) is 6.85. The van der Waals surface area contributed by atoms with Gasteiger partial charge in [-0.05, 0) is 6.92 Å². The number of likely N-dealkylation sites (N-methyl/N-ethyl adjacent to an activating group) is 1. The fourth-order valence-electron chi connectivity index (χ4n) is 0.419. The standard InChI is InChI=1S/C5H11N3O.C2H6/c1-4(9)3-8(2)5(6)7;1-2/h3H2,1-2H3,(H3,6,7);1-2H3. The molecule has 0 saturated carbocycles. The minimum atomic E-state index is -0.0785. The van der Waals surface area contributed by atoms with Crippen LogP contribution in [-0.2, 0) is 4.79 Å². The van der Waals surface area contributed by atoms with Crippen LogP contribution in [0.15, 0.2) is 0 Å². The number of nitrogens with one attached hydrogen (secondary N) is 1. The first-order valence-corrected chi connectivity index (χ1v) is 3.58. The minimum Gasteiger partial charge on any atom is -0.370 e. The molecule has 0 aromatic heterocycles. The number of ketones is 1. The van der Waals surface area contributed by atoms with E-state index < -0.39 is 0 Å². The summed E-state index contributed by atoms with van der Waals surface area (Å²) in [6, 6.07) is 0. The number of rotatable bonds is 2. The Balaban J connectivity index is 0. The highest BCUT2D eigenvalue weighted by Gasteiger charge is 2.00.